The number of hydrogen-bond acceptors (Lipinski definition) is 1. The Bertz CT molecular complexity index is 72.1. The van der Waals surface area contributed by atoms with Crippen LogP contribution < -0.4 is 0 Å². The standard InChI is InChI=1S/C4H6BrOS/c1-3(5)2-4(6)7/h3H,2H2,1H3. The number of carbonyl (C=O) groups excluding carboxylic acids is 1. The number of halogens is 1. The van der Waals surface area contributed by atoms with Crippen molar-refractivity contribution in [1.82, 2.24) is 0 Å². The van der Waals surface area contributed by atoms with Gasteiger partial charge in [0.1, 0.15) is 0 Å². The molecular formula is C4H6BrOS. The molecule has 1 atom stereocenters. The van der Waals surface area contributed by atoms with Gasteiger partial charge >= 0.3 is 0 Å². The molecule has 0 saturated carbocycles. The topological polar surface area (TPSA) is 17.1 Å². The maximum atomic E-state index is 10.0. The zero-order valence-electron chi connectivity index (χ0n) is 3.98. The molecule has 0 rings (SSSR count). The molecule has 1 nitrogen and oxygen atoms in total. The fraction of sp³-hybridized carbons (Fsp3) is 0.750. The highest BCUT2D eigenvalue weighted by Crippen LogP contribution is 2.04. The lowest BCUT2D eigenvalue weighted by Gasteiger charge is -1.91. The minimum atomic E-state index is -0.177. The van der Waals surface area contributed by atoms with E-state index in [2.05, 4.69) is 28.6 Å². The largest absolute Gasteiger partial charge is 0.282 e. The first kappa shape index (κ1) is 7.37. The van der Waals surface area contributed by atoms with Crippen LogP contribution >= 0.6 is 28.6 Å². The Kier molecular flexibility index (Phi) is 3.56. The molecule has 0 aromatic carbocycles. The maximum Gasteiger partial charge on any atom is 0.219 e. The van der Waals surface area contributed by atoms with E-state index < -0.39 is 0 Å². The van der Waals surface area contributed by atoms with Crippen LogP contribution in [0.5, 0.6) is 0 Å². The van der Waals surface area contributed by atoms with Gasteiger partial charge in [-0.25, -0.2) is 0 Å². The Balaban J connectivity index is 3.13. The summed E-state index contributed by atoms with van der Waals surface area (Å²) in [6.45, 7) is 1.89. The van der Waals surface area contributed by atoms with E-state index in [9.17, 15) is 4.79 Å². The smallest absolute Gasteiger partial charge is 0.219 e. The van der Waals surface area contributed by atoms with E-state index in [1.165, 1.54) is 0 Å². The van der Waals surface area contributed by atoms with Gasteiger partial charge in [-0.2, -0.15) is 0 Å². The van der Waals surface area contributed by atoms with Crippen molar-refractivity contribution in [2.24, 2.45) is 0 Å². The van der Waals surface area contributed by atoms with Crippen molar-refractivity contribution in [3.05, 3.63) is 0 Å². The molecule has 0 bridgehead atoms. The van der Waals surface area contributed by atoms with E-state index in [-0.39, 0.29) is 9.94 Å². The van der Waals surface area contributed by atoms with Gasteiger partial charge in [-0.3, -0.25) is 4.79 Å². The first-order chi connectivity index (χ1) is 3.13. The van der Waals surface area contributed by atoms with Gasteiger partial charge in [-0.15, -0.1) is 0 Å². The molecule has 0 aliphatic heterocycles. The number of carbonyl (C=O) groups is 1. The molecule has 0 spiro atoms. The van der Waals surface area contributed by atoms with E-state index in [4.69, 9.17) is 0 Å². The van der Waals surface area contributed by atoms with Gasteiger partial charge in [-0.1, -0.05) is 22.9 Å². The normalized spacial score (nSPS) is 13.4. The molecule has 0 aliphatic carbocycles. The summed E-state index contributed by atoms with van der Waals surface area (Å²) < 4.78 is 0. The molecular weight excluding hydrogens is 176 g/mol. The van der Waals surface area contributed by atoms with Gasteiger partial charge < -0.3 is 0 Å². The fourth-order valence-corrected chi connectivity index (χ4v) is 0.988. The zero-order chi connectivity index (χ0) is 5.86. The highest BCUT2D eigenvalue weighted by Gasteiger charge is 1.99. The molecule has 0 fully saturated rings. The van der Waals surface area contributed by atoms with Crippen molar-refractivity contribution in [3.8, 4) is 0 Å². The van der Waals surface area contributed by atoms with Crippen LogP contribution in [0.3, 0.4) is 0 Å². The average Bonchev–Trinajstić information content (AvgIpc) is 1.27. The summed E-state index contributed by atoms with van der Waals surface area (Å²) in [5.74, 6) is 0. The minimum absolute atomic E-state index is 0.177. The third-order valence-electron chi connectivity index (χ3n) is 0.448. The van der Waals surface area contributed by atoms with Gasteiger partial charge in [0, 0.05) is 11.2 Å². The van der Waals surface area contributed by atoms with Crippen molar-refractivity contribution >= 4 is 33.7 Å². The first-order valence-electron chi connectivity index (χ1n) is 1.97. The third kappa shape index (κ3) is 6.37. The Morgan fingerprint density at radius 2 is 2.43 bits per heavy atom. The molecule has 3 heteroatoms. The molecule has 0 aromatic heterocycles. The molecule has 1 unspecified atom stereocenters. The third-order valence-corrected chi connectivity index (χ3v) is 0.938. The van der Waals surface area contributed by atoms with Crippen LogP contribution in [0.25, 0.3) is 0 Å². The van der Waals surface area contributed by atoms with Crippen molar-refractivity contribution in [2.75, 3.05) is 0 Å². The van der Waals surface area contributed by atoms with Gasteiger partial charge in [0.25, 0.3) is 0 Å². The molecule has 0 saturated heterocycles. The van der Waals surface area contributed by atoms with Crippen LogP contribution in [0.4, 0.5) is 0 Å². The highest BCUT2D eigenvalue weighted by atomic mass is 79.9. The lowest BCUT2D eigenvalue weighted by atomic mass is 10.4. The molecule has 0 amide bonds. The summed E-state index contributed by atoms with van der Waals surface area (Å²) in [4.78, 5) is 10.3. The van der Waals surface area contributed by atoms with Crippen LogP contribution in [0.2, 0.25) is 0 Å². The highest BCUT2D eigenvalue weighted by molar-refractivity contribution is 9.09. The van der Waals surface area contributed by atoms with Crippen LogP contribution in [0.1, 0.15) is 13.3 Å². The maximum absolute atomic E-state index is 10.0. The van der Waals surface area contributed by atoms with E-state index in [1.54, 1.807) is 0 Å². The van der Waals surface area contributed by atoms with Gasteiger partial charge in [0.2, 0.25) is 5.12 Å². The van der Waals surface area contributed by atoms with Crippen LogP contribution in [-0.4, -0.2) is 9.94 Å². The second kappa shape index (κ2) is 3.38. The molecule has 7 heavy (non-hydrogen) atoms. The molecule has 1 radical (unpaired) electrons. The van der Waals surface area contributed by atoms with Crippen molar-refractivity contribution in [3.63, 3.8) is 0 Å². The number of hydrogen-bond donors (Lipinski definition) is 0. The summed E-state index contributed by atoms with van der Waals surface area (Å²) in [5.41, 5.74) is 0. The molecule has 0 N–H and O–H groups in total. The SMILES string of the molecule is CC(Br)CC(=O)[S]. The Morgan fingerprint density at radius 3 is 2.43 bits per heavy atom. The van der Waals surface area contributed by atoms with Crippen LogP contribution in [0.15, 0.2) is 0 Å². The lowest BCUT2D eigenvalue weighted by molar-refractivity contribution is -0.110. The number of rotatable bonds is 2. The quantitative estimate of drug-likeness (QED) is 0.596. The summed E-state index contributed by atoms with van der Waals surface area (Å²) in [5, 5.41) is -0.177. The summed E-state index contributed by atoms with van der Waals surface area (Å²) in [6, 6.07) is 0. The number of alkyl halides is 1. The first-order valence-corrected chi connectivity index (χ1v) is 3.29. The monoisotopic (exact) mass is 181 g/mol. The molecule has 0 aromatic rings. The van der Waals surface area contributed by atoms with Gasteiger partial charge in [0.05, 0.1) is 0 Å². The fourth-order valence-electron chi connectivity index (χ4n) is 0.230. The Labute approximate surface area is 57.0 Å². The van der Waals surface area contributed by atoms with Gasteiger partial charge in [-0.05, 0) is 12.6 Å². The van der Waals surface area contributed by atoms with Crippen LogP contribution in [-0.2, 0) is 4.79 Å². The summed E-state index contributed by atoms with van der Waals surface area (Å²) in [7, 11) is 0. The van der Waals surface area contributed by atoms with Gasteiger partial charge in [0.15, 0.2) is 0 Å². The molecule has 0 aliphatic rings. The van der Waals surface area contributed by atoms with Crippen molar-refractivity contribution < 1.29 is 4.79 Å². The van der Waals surface area contributed by atoms with E-state index in [1.807, 2.05) is 6.92 Å². The average molecular weight is 182 g/mol. The Hall–Kier alpha value is 0.370. The van der Waals surface area contributed by atoms with Crippen LogP contribution in [0, 0.1) is 0 Å². The predicted octanol–water partition coefficient (Wildman–Crippen LogP) is 1.88. The minimum Gasteiger partial charge on any atom is -0.282 e. The van der Waals surface area contributed by atoms with E-state index >= 15 is 0 Å². The molecule has 41 valence electrons. The van der Waals surface area contributed by atoms with Crippen molar-refractivity contribution in [2.45, 2.75) is 18.2 Å². The van der Waals surface area contributed by atoms with E-state index in [0.717, 1.165) is 0 Å². The second-order valence-corrected chi connectivity index (χ2v) is 3.38. The van der Waals surface area contributed by atoms with E-state index in [0.29, 0.717) is 6.42 Å². The molecule has 0 heterocycles. The lowest BCUT2D eigenvalue weighted by Crippen LogP contribution is -1.95. The van der Waals surface area contributed by atoms with Crippen molar-refractivity contribution in [1.29, 1.82) is 0 Å². The Morgan fingerprint density at radius 1 is 2.00 bits per heavy atom. The zero-order valence-corrected chi connectivity index (χ0v) is 6.38. The second-order valence-electron chi connectivity index (χ2n) is 1.36. The summed E-state index contributed by atoms with van der Waals surface area (Å²) >= 11 is 7.47. The summed E-state index contributed by atoms with van der Waals surface area (Å²) in [6.07, 6.45) is 0.454. The predicted molar refractivity (Wildman–Crippen MR) is 35.6 cm³/mol.